The third-order valence-corrected chi connectivity index (χ3v) is 6.12. The van der Waals surface area contributed by atoms with Gasteiger partial charge in [0.15, 0.2) is 0 Å². The summed E-state index contributed by atoms with van der Waals surface area (Å²) < 4.78 is 26.2. The van der Waals surface area contributed by atoms with Gasteiger partial charge in [0.1, 0.15) is 0 Å². The average Bonchev–Trinajstić information content (AvgIpc) is 2.87. The van der Waals surface area contributed by atoms with E-state index in [1.807, 2.05) is 13.0 Å². The van der Waals surface area contributed by atoms with Crippen molar-refractivity contribution < 1.29 is 13.2 Å². The van der Waals surface area contributed by atoms with Crippen LogP contribution in [0.2, 0.25) is 0 Å². The van der Waals surface area contributed by atoms with Crippen LogP contribution in [0.4, 0.5) is 5.69 Å². The molecule has 1 atom stereocenters. The van der Waals surface area contributed by atoms with Gasteiger partial charge in [0, 0.05) is 18.2 Å². The molecule has 0 saturated carbocycles. The van der Waals surface area contributed by atoms with Gasteiger partial charge < -0.3 is 10.2 Å². The molecule has 1 aromatic carbocycles. The molecule has 0 spiro atoms. The lowest BCUT2D eigenvalue weighted by Crippen LogP contribution is -2.50. The van der Waals surface area contributed by atoms with Crippen molar-refractivity contribution in [1.29, 1.82) is 0 Å². The van der Waals surface area contributed by atoms with Gasteiger partial charge in [-0.15, -0.1) is 0 Å². The number of anilines is 1. The molecular formula is C15H21N3O3S. The van der Waals surface area contributed by atoms with Crippen molar-refractivity contribution in [3.05, 3.63) is 23.8 Å². The molecule has 2 aliphatic heterocycles. The van der Waals surface area contributed by atoms with Gasteiger partial charge in [-0.3, -0.25) is 4.79 Å². The number of nitrogens with zero attached hydrogens (tertiary/aromatic N) is 1. The smallest absolute Gasteiger partial charge is 0.240 e. The predicted octanol–water partition coefficient (Wildman–Crippen LogP) is 0.339. The maximum atomic E-state index is 12.7. The number of carbonyl (C=O) groups is 1. The first-order valence-electron chi connectivity index (χ1n) is 7.52. The van der Waals surface area contributed by atoms with Crippen molar-refractivity contribution >= 4 is 21.6 Å². The molecule has 2 aliphatic rings. The number of carbonyl (C=O) groups excluding carboxylic acids is 1. The zero-order valence-corrected chi connectivity index (χ0v) is 13.6. The maximum Gasteiger partial charge on any atom is 0.240 e. The van der Waals surface area contributed by atoms with Gasteiger partial charge in [-0.25, -0.2) is 13.1 Å². The number of sulfonamides is 1. The first-order chi connectivity index (χ1) is 10.4. The average molecular weight is 323 g/mol. The van der Waals surface area contributed by atoms with Crippen molar-refractivity contribution in [2.24, 2.45) is 11.8 Å². The molecule has 0 bridgehead atoms. The second kappa shape index (κ2) is 5.64. The third-order valence-electron chi connectivity index (χ3n) is 4.71. The monoisotopic (exact) mass is 323 g/mol. The van der Waals surface area contributed by atoms with Gasteiger partial charge in [-0.2, -0.15) is 0 Å². The van der Waals surface area contributed by atoms with Crippen molar-refractivity contribution in [3.63, 3.8) is 0 Å². The minimum absolute atomic E-state index is 0.0447. The Bertz CT molecular complexity index is 698. The number of amides is 1. The molecule has 1 fully saturated rings. The van der Waals surface area contributed by atoms with Gasteiger partial charge in [0.25, 0.3) is 0 Å². The van der Waals surface area contributed by atoms with Crippen LogP contribution < -0.4 is 14.9 Å². The highest BCUT2D eigenvalue weighted by molar-refractivity contribution is 7.89. The largest absolute Gasteiger partial charge is 0.316 e. The van der Waals surface area contributed by atoms with E-state index in [2.05, 4.69) is 10.0 Å². The molecule has 0 aromatic heterocycles. The Morgan fingerprint density at radius 2 is 2.14 bits per heavy atom. The van der Waals surface area contributed by atoms with E-state index in [4.69, 9.17) is 0 Å². The molecule has 22 heavy (non-hydrogen) atoms. The summed E-state index contributed by atoms with van der Waals surface area (Å²) in [5.41, 5.74) is 1.77. The second-order valence-corrected chi connectivity index (χ2v) is 7.83. The summed E-state index contributed by atoms with van der Waals surface area (Å²) in [5.74, 6) is 0.418. The number of nitrogens with one attached hydrogen (secondary N) is 2. The van der Waals surface area contributed by atoms with Crippen molar-refractivity contribution in [3.8, 4) is 0 Å². The summed E-state index contributed by atoms with van der Waals surface area (Å²) >= 11 is 0. The van der Waals surface area contributed by atoms with E-state index in [-0.39, 0.29) is 16.7 Å². The van der Waals surface area contributed by atoms with Crippen molar-refractivity contribution in [2.75, 3.05) is 31.6 Å². The van der Waals surface area contributed by atoms with E-state index >= 15 is 0 Å². The molecular weight excluding hydrogens is 302 g/mol. The fourth-order valence-electron chi connectivity index (χ4n) is 2.98. The number of hydrogen-bond donors (Lipinski definition) is 2. The van der Waals surface area contributed by atoms with Crippen LogP contribution in [0.25, 0.3) is 0 Å². The normalized spacial score (nSPS) is 19.6. The molecule has 1 saturated heterocycles. The Morgan fingerprint density at radius 1 is 1.41 bits per heavy atom. The zero-order chi connectivity index (χ0) is 15.9. The third kappa shape index (κ3) is 2.53. The lowest BCUT2D eigenvalue weighted by atomic mass is 9.88. The minimum Gasteiger partial charge on any atom is -0.316 e. The molecule has 1 unspecified atom stereocenters. The molecule has 2 N–H and O–H groups in total. The SMILES string of the molecule is CNS(=O)(=O)c1ccc2c(c1)N(C(=O)C(C)C1CNC1)CC2. The number of rotatable bonds is 4. The van der Waals surface area contributed by atoms with Gasteiger partial charge in [0.05, 0.1) is 4.90 Å². The van der Waals surface area contributed by atoms with Crippen LogP contribution in [0.1, 0.15) is 12.5 Å². The molecule has 0 radical (unpaired) electrons. The van der Waals surface area contributed by atoms with Crippen LogP contribution in [0.3, 0.4) is 0 Å². The van der Waals surface area contributed by atoms with Crippen LogP contribution in [-0.4, -0.2) is 41.0 Å². The van der Waals surface area contributed by atoms with E-state index in [1.54, 1.807) is 17.0 Å². The zero-order valence-electron chi connectivity index (χ0n) is 12.8. The van der Waals surface area contributed by atoms with E-state index < -0.39 is 10.0 Å². The van der Waals surface area contributed by atoms with Crippen LogP contribution in [0.5, 0.6) is 0 Å². The quantitative estimate of drug-likeness (QED) is 0.837. The number of hydrogen-bond acceptors (Lipinski definition) is 4. The summed E-state index contributed by atoms with van der Waals surface area (Å²) in [6.07, 6.45) is 0.774. The van der Waals surface area contributed by atoms with Gasteiger partial charge in [-0.05, 0) is 50.2 Å². The first-order valence-corrected chi connectivity index (χ1v) is 9.01. The lowest BCUT2D eigenvalue weighted by Gasteiger charge is -2.34. The second-order valence-electron chi connectivity index (χ2n) is 5.94. The summed E-state index contributed by atoms with van der Waals surface area (Å²) in [6.45, 7) is 4.34. The Kier molecular flexibility index (Phi) is 3.96. The molecule has 1 aromatic rings. The van der Waals surface area contributed by atoms with Crippen LogP contribution in [0, 0.1) is 11.8 Å². The van der Waals surface area contributed by atoms with Gasteiger partial charge in [0.2, 0.25) is 15.9 Å². The molecule has 120 valence electrons. The summed E-state index contributed by atoms with van der Waals surface area (Å²) in [4.78, 5) is 14.6. The van der Waals surface area contributed by atoms with E-state index in [9.17, 15) is 13.2 Å². The minimum atomic E-state index is -3.50. The van der Waals surface area contributed by atoms with Crippen LogP contribution in [0.15, 0.2) is 23.1 Å². The van der Waals surface area contributed by atoms with Gasteiger partial charge >= 0.3 is 0 Å². The Balaban J connectivity index is 1.89. The predicted molar refractivity (Wildman–Crippen MR) is 84.3 cm³/mol. The highest BCUT2D eigenvalue weighted by Crippen LogP contribution is 2.32. The first kappa shape index (κ1) is 15.5. The fraction of sp³-hybridized carbons (Fsp3) is 0.533. The molecule has 2 heterocycles. The standard InChI is InChI=1S/C15H21N3O3S/c1-10(12-8-17-9-12)15(19)18-6-5-11-3-4-13(7-14(11)18)22(20,21)16-2/h3-4,7,10,12,16-17H,5-6,8-9H2,1-2H3. The molecule has 6 nitrogen and oxygen atoms in total. The van der Waals surface area contributed by atoms with Gasteiger partial charge in [-0.1, -0.05) is 13.0 Å². The van der Waals surface area contributed by atoms with E-state index in [1.165, 1.54) is 7.05 Å². The van der Waals surface area contributed by atoms with Crippen molar-refractivity contribution in [1.82, 2.24) is 10.0 Å². The van der Waals surface area contributed by atoms with E-state index in [0.29, 0.717) is 12.5 Å². The summed E-state index contributed by atoms with van der Waals surface area (Å²) in [7, 11) is -2.11. The lowest BCUT2D eigenvalue weighted by molar-refractivity contribution is -0.123. The van der Waals surface area contributed by atoms with Crippen LogP contribution >= 0.6 is 0 Å². The van der Waals surface area contributed by atoms with Crippen molar-refractivity contribution in [2.45, 2.75) is 18.2 Å². The Labute approximate surface area is 130 Å². The molecule has 0 aliphatic carbocycles. The summed E-state index contributed by atoms with van der Waals surface area (Å²) in [6, 6.07) is 5.01. The topological polar surface area (TPSA) is 78.5 Å². The molecule has 3 rings (SSSR count). The fourth-order valence-corrected chi connectivity index (χ4v) is 3.73. The molecule has 7 heteroatoms. The highest BCUT2D eigenvalue weighted by atomic mass is 32.2. The Hall–Kier alpha value is -1.44. The van der Waals surface area contributed by atoms with Crippen LogP contribution in [-0.2, 0) is 21.2 Å². The number of fused-ring (bicyclic) bond motifs is 1. The maximum absolute atomic E-state index is 12.7. The van der Waals surface area contributed by atoms with E-state index in [0.717, 1.165) is 30.8 Å². The molecule has 1 amide bonds. The highest BCUT2D eigenvalue weighted by Gasteiger charge is 2.35. The summed E-state index contributed by atoms with van der Waals surface area (Å²) in [5, 5.41) is 3.19. The number of benzene rings is 1. The Morgan fingerprint density at radius 3 is 2.73 bits per heavy atom.